The number of ether oxygens (including phenoxy) is 4. The van der Waals surface area contributed by atoms with Crippen LogP contribution in [-0.2, 0) is 18.9 Å². The van der Waals surface area contributed by atoms with Crippen molar-refractivity contribution in [3.63, 3.8) is 0 Å². The fraction of sp³-hybridized carbons (Fsp3) is 0.818. The lowest BCUT2D eigenvalue weighted by molar-refractivity contribution is -0.373. The van der Waals surface area contributed by atoms with Gasteiger partial charge in [0.15, 0.2) is 12.6 Å². The van der Waals surface area contributed by atoms with E-state index < -0.39 is 73.6 Å². The number of allylic oxidation sites excluding steroid dienone is 2. The highest BCUT2D eigenvalue weighted by molar-refractivity contribution is 5.01. The van der Waals surface area contributed by atoms with Crippen molar-refractivity contribution in [2.75, 3.05) is 6.61 Å². The van der Waals surface area contributed by atoms with Gasteiger partial charge in [0.25, 0.3) is 0 Å². The van der Waals surface area contributed by atoms with Crippen molar-refractivity contribution in [3.05, 3.63) is 24.3 Å². The topological polar surface area (TPSA) is 158 Å². The van der Waals surface area contributed by atoms with Crippen LogP contribution in [0.3, 0.4) is 0 Å². The zero-order valence-corrected chi connectivity index (χ0v) is 19.1. The van der Waals surface area contributed by atoms with Gasteiger partial charge in [0, 0.05) is 0 Å². The molecule has 6 N–H and O–H groups in total. The third-order valence-corrected chi connectivity index (χ3v) is 5.93. The van der Waals surface area contributed by atoms with Crippen LogP contribution in [0.25, 0.3) is 0 Å². The van der Waals surface area contributed by atoms with E-state index in [1.165, 1.54) is 6.92 Å². The Kier molecular flexibility index (Phi) is 9.80. The van der Waals surface area contributed by atoms with Crippen LogP contribution in [0, 0.1) is 0 Å². The minimum Gasteiger partial charge on any atom is -0.394 e. The van der Waals surface area contributed by atoms with Crippen molar-refractivity contribution in [1.82, 2.24) is 0 Å². The lowest BCUT2D eigenvalue weighted by Crippen LogP contribution is -2.64. The molecule has 11 atom stereocenters. The fourth-order valence-electron chi connectivity index (χ4n) is 3.70. The van der Waals surface area contributed by atoms with E-state index in [1.54, 1.807) is 13.0 Å². The SMILES string of the molecule is C=CC(C)(CCC=C(C)C)OC1OC(CO)C(O)C(O)C1OC1OC(C)C(O)C(O)C1O. The lowest BCUT2D eigenvalue weighted by atomic mass is 9.96. The van der Waals surface area contributed by atoms with Crippen LogP contribution < -0.4 is 0 Å². The second-order valence-corrected chi connectivity index (χ2v) is 8.94. The summed E-state index contributed by atoms with van der Waals surface area (Å²) in [7, 11) is 0. The van der Waals surface area contributed by atoms with E-state index in [-0.39, 0.29) is 0 Å². The van der Waals surface area contributed by atoms with Gasteiger partial charge in [-0.25, -0.2) is 0 Å². The Hall–Kier alpha value is -0.920. The van der Waals surface area contributed by atoms with Gasteiger partial charge in [0.2, 0.25) is 0 Å². The molecule has 11 unspecified atom stereocenters. The first-order chi connectivity index (χ1) is 14.9. The van der Waals surface area contributed by atoms with Gasteiger partial charge in [0.1, 0.15) is 42.7 Å². The van der Waals surface area contributed by atoms with E-state index in [9.17, 15) is 30.6 Å². The monoisotopic (exact) mass is 462 g/mol. The van der Waals surface area contributed by atoms with Crippen LogP contribution in [0.5, 0.6) is 0 Å². The van der Waals surface area contributed by atoms with Gasteiger partial charge in [-0.15, -0.1) is 6.58 Å². The first-order valence-corrected chi connectivity index (χ1v) is 10.9. The Bertz CT molecular complexity index is 638. The number of rotatable bonds is 9. The normalized spacial score (nSPS) is 42.2. The predicted molar refractivity (Wildman–Crippen MR) is 113 cm³/mol. The van der Waals surface area contributed by atoms with Crippen molar-refractivity contribution >= 4 is 0 Å². The van der Waals surface area contributed by atoms with Gasteiger partial charge in [-0.2, -0.15) is 0 Å². The summed E-state index contributed by atoms with van der Waals surface area (Å²) in [5.41, 5.74) is 0.235. The summed E-state index contributed by atoms with van der Waals surface area (Å²) in [4.78, 5) is 0. The third-order valence-electron chi connectivity index (χ3n) is 5.93. The molecule has 0 saturated carbocycles. The number of aliphatic hydroxyl groups is 6. The minimum atomic E-state index is -1.62. The number of aliphatic hydroxyl groups excluding tert-OH is 6. The molecule has 0 aliphatic carbocycles. The van der Waals surface area contributed by atoms with Crippen LogP contribution in [0.2, 0.25) is 0 Å². The van der Waals surface area contributed by atoms with Crippen molar-refractivity contribution in [2.45, 2.75) is 108 Å². The molecule has 10 heteroatoms. The Labute approximate surface area is 188 Å². The molecule has 0 aromatic rings. The molecule has 2 aliphatic heterocycles. The summed E-state index contributed by atoms with van der Waals surface area (Å²) >= 11 is 0. The number of hydrogen-bond acceptors (Lipinski definition) is 10. The quantitative estimate of drug-likeness (QED) is 0.243. The van der Waals surface area contributed by atoms with E-state index in [1.807, 2.05) is 19.9 Å². The van der Waals surface area contributed by atoms with Crippen molar-refractivity contribution in [2.24, 2.45) is 0 Å². The molecule has 0 amide bonds. The van der Waals surface area contributed by atoms with Crippen LogP contribution in [0.15, 0.2) is 24.3 Å². The maximum absolute atomic E-state index is 10.7. The van der Waals surface area contributed by atoms with Crippen LogP contribution in [0.1, 0.15) is 40.5 Å². The summed E-state index contributed by atoms with van der Waals surface area (Å²) in [5, 5.41) is 60.8. The van der Waals surface area contributed by atoms with Gasteiger partial charge in [-0.3, -0.25) is 0 Å². The first-order valence-electron chi connectivity index (χ1n) is 10.9. The summed E-state index contributed by atoms with van der Waals surface area (Å²) < 4.78 is 23.0. The second-order valence-electron chi connectivity index (χ2n) is 8.94. The van der Waals surface area contributed by atoms with E-state index >= 15 is 0 Å². The molecule has 186 valence electrons. The predicted octanol–water partition coefficient (Wildman–Crippen LogP) is -0.654. The molecule has 0 bridgehead atoms. The standard InChI is InChI=1S/C22H38O10/c1-6-22(5,9-7-8-11(2)3)32-21-19(17(27)15(25)13(10-23)30-21)31-20-18(28)16(26)14(24)12(4)29-20/h6,8,12-21,23-28H,1,7,9-10H2,2-5H3. The Morgan fingerprint density at radius 2 is 1.62 bits per heavy atom. The maximum atomic E-state index is 10.7. The zero-order valence-electron chi connectivity index (χ0n) is 19.1. The van der Waals surface area contributed by atoms with Gasteiger partial charge in [0.05, 0.1) is 18.3 Å². The molecule has 10 nitrogen and oxygen atoms in total. The molecule has 2 rings (SSSR count). The fourth-order valence-corrected chi connectivity index (χ4v) is 3.70. The molecule has 0 spiro atoms. The summed E-state index contributed by atoms with van der Waals surface area (Å²) in [6.45, 7) is 10.5. The van der Waals surface area contributed by atoms with E-state index in [0.717, 1.165) is 5.57 Å². The average molecular weight is 463 g/mol. The lowest BCUT2D eigenvalue weighted by Gasteiger charge is -2.47. The molecule has 32 heavy (non-hydrogen) atoms. The highest BCUT2D eigenvalue weighted by Gasteiger charge is 2.51. The van der Waals surface area contributed by atoms with E-state index in [0.29, 0.717) is 12.8 Å². The summed E-state index contributed by atoms with van der Waals surface area (Å²) in [6, 6.07) is 0. The van der Waals surface area contributed by atoms with Crippen molar-refractivity contribution in [1.29, 1.82) is 0 Å². The van der Waals surface area contributed by atoms with Crippen LogP contribution in [0.4, 0.5) is 0 Å². The Balaban J connectivity index is 2.24. The van der Waals surface area contributed by atoms with Crippen molar-refractivity contribution in [3.8, 4) is 0 Å². The van der Waals surface area contributed by atoms with Gasteiger partial charge in [-0.1, -0.05) is 17.7 Å². The Morgan fingerprint density at radius 3 is 2.19 bits per heavy atom. The first kappa shape index (κ1) is 27.3. The third kappa shape index (κ3) is 6.35. The molecule has 2 saturated heterocycles. The summed E-state index contributed by atoms with van der Waals surface area (Å²) in [6.07, 6.45) is -8.75. The molecular formula is C22H38O10. The zero-order chi connectivity index (χ0) is 24.2. The van der Waals surface area contributed by atoms with Gasteiger partial charge < -0.3 is 49.6 Å². The highest BCUT2D eigenvalue weighted by atomic mass is 16.8. The van der Waals surface area contributed by atoms with E-state index in [2.05, 4.69) is 6.58 Å². The molecule has 0 aromatic carbocycles. The van der Waals surface area contributed by atoms with Gasteiger partial charge >= 0.3 is 0 Å². The van der Waals surface area contributed by atoms with Crippen molar-refractivity contribution < 1.29 is 49.6 Å². The van der Waals surface area contributed by atoms with Crippen LogP contribution >= 0.6 is 0 Å². The maximum Gasteiger partial charge on any atom is 0.188 e. The number of hydrogen-bond donors (Lipinski definition) is 6. The molecule has 0 aromatic heterocycles. The molecular weight excluding hydrogens is 424 g/mol. The molecule has 0 radical (unpaired) electrons. The largest absolute Gasteiger partial charge is 0.394 e. The van der Waals surface area contributed by atoms with Gasteiger partial charge in [-0.05, 0) is 40.5 Å². The smallest absolute Gasteiger partial charge is 0.188 e. The average Bonchev–Trinajstić information content (AvgIpc) is 2.74. The summed E-state index contributed by atoms with van der Waals surface area (Å²) in [5.74, 6) is 0. The molecule has 2 aliphatic rings. The molecule has 2 fully saturated rings. The van der Waals surface area contributed by atoms with E-state index in [4.69, 9.17) is 18.9 Å². The second kappa shape index (κ2) is 11.5. The highest BCUT2D eigenvalue weighted by Crippen LogP contribution is 2.33. The molecule has 2 heterocycles. The van der Waals surface area contributed by atoms with Crippen LogP contribution in [-0.4, -0.2) is 104 Å². The Morgan fingerprint density at radius 1 is 0.969 bits per heavy atom. The minimum absolute atomic E-state index is 0.529.